The fourth-order valence-electron chi connectivity index (χ4n) is 3.94. The monoisotopic (exact) mass is 372 g/mol. The smallest absolute Gasteiger partial charge is 0.225 e. The number of benzene rings is 1. The minimum Gasteiger partial charge on any atom is -0.347 e. The zero-order chi connectivity index (χ0) is 18.5. The molecule has 6 nitrogen and oxygen atoms in total. The standard InChI is InChI=1S/C19H24N4O2S/c1-13-4-6-14(7-5-13)9-23-10-16-17(11-23)26(24,25)12-15-8-20-19(22(2)3)21-18(15)16/h4-8,16-17H,9-12H2,1-3H3/t16-,17+/m1/s1. The zero-order valence-corrected chi connectivity index (χ0v) is 16.2. The van der Waals surface area contributed by atoms with Crippen LogP contribution in [0, 0.1) is 6.92 Å². The predicted octanol–water partition coefficient (Wildman–Crippen LogP) is 1.75. The van der Waals surface area contributed by atoms with Crippen molar-refractivity contribution in [3.8, 4) is 0 Å². The second-order valence-electron chi connectivity index (χ2n) is 7.61. The van der Waals surface area contributed by atoms with Crippen LogP contribution < -0.4 is 4.90 Å². The zero-order valence-electron chi connectivity index (χ0n) is 15.4. The van der Waals surface area contributed by atoms with Gasteiger partial charge in [0.05, 0.1) is 16.7 Å². The first kappa shape index (κ1) is 17.4. The van der Waals surface area contributed by atoms with Gasteiger partial charge in [-0.3, -0.25) is 4.90 Å². The van der Waals surface area contributed by atoms with Crippen molar-refractivity contribution in [2.75, 3.05) is 32.1 Å². The Kier molecular flexibility index (Phi) is 4.23. The Morgan fingerprint density at radius 1 is 1.19 bits per heavy atom. The van der Waals surface area contributed by atoms with Gasteiger partial charge < -0.3 is 4.90 Å². The van der Waals surface area contributed by atoms with Crippen LogP contribution in [-0.4, -0.2) is 55.7 Å². The minimum absolute atomic E-state index is 0.0512. The normalized spacial score (nSPS) is 24.1. The number of hydrogen-bond donors (Lipinski definition) is 0. The van der Waals surface area contributed by atoms with Crippen molar-refractivity contribution in [3.05, 3.63) is 52.8 Å². The first-order valence-corrected chi connectivity index (χ1v) is 10.6. The molecule has 0 amide bonds. The van der Waals surface area contributed by atoms with Gasteiger partial charge >= 0.3 is 0 Å². The summed E-state index contributed by atoms with van der Waals surface area (Å²) < 4.78 is 25.6. The highest BCUT2D eigenvalue weighted by atomic mass is 32.2. The largest absolute Gasteiger partial charge is 0.347 e. The fraction of sp³-hybridized carbons (Fsp3) is 0.474. The molecule has 2 aromatic rings. The van der Waals surface area contributed by atoms with Crippen LogP contribution in [0.1, 0.15) is 28.3 Å². The number of sulfone groups is 1. The lowest BCUT2D eigenvalue weighted by molar-refractivity contribution is 0.326. The summed E-state index contributed by atoms with van der Waals surface area (Å²) in [6.07, 6.45) is 1.69. The molecule has 0 N–H and O–H groups in total. The highest BCUT2D eigenvalue weighted by molar-refractivity contribution is 7.91. The van der Waals surface area contributed by atoms with Crippen molar-refractivity contribution in [1.82, 2.24) is 14.9 Å². The average Bonchev–Trinajstić information content (AvgIpc) is 3.01. The maximum Gasteiger partial charge on any atom is 0.225 e. The summed E-state index contributed by atoms with van der Waals surface area (Å²) in [6, 6.07) is 8.43. The van der Waals surface area contributed by atoms with Crippen molar-refractivity contribution in [2.24, 2.45) is 0 Å². The van der Waals surface area contributed by atoms with Gasteiger partial charge in [0.15, 0.2) is 9.84 Å². The minimum atomic E-state index is -3.17. The van der Waals surface area contributed by atoms with Gasteiger partial charge in [-0.25, -0.2) is 18.4 Å². The molecule has 4 rings (SSSR count). The van der Waals surface area contributed by atoms with Crippen LogP contribution in [0.3, 0.4) is 0 Å². The maximum atomic E-state index is 12.8. The van der Waals surface area contributed by atoms with Gasteiger partial charge in [-0.1, -0.05) is 29.8 Å². The number of anilines is 1. The molecule has 0 bridgehead atoms. The van der Waals surface area contributed by atoms with Crippen LogP contribution in [0.2, 0.25) is 0 Å². The van der Waals surface area contributed by atoms with Gasteiger partial charge in [0.1, 0.15) is 0 Å². The Hall–Kier alpha value is -1.99. The second kappa shape index (κ2) is 6.32. The van der Waals surface area contributed by atoms with E-state index in [4.69, 9.17) is 4.98 Å². The van der Waals surface area contributed by atoms with E-state index >= 15 is 0 Å². The first-order valence-electron chi connectivity index (χ1n) is 8.86. The Bertz CT molecular complexity index is 925. The number of fused-ring (bicyclic) bond motifs is 3. The summed E-state index contributed by atoms with van der Waals surface area (Å²) >= 11 is 0. The van der Waals surface area contributed by atoms with E-state index in [-0.39, 0.29) is 16.9 Å². The third-order valence-corrected chi connectivity index (χ3v) is 7.44. The molecule has 1 saturated heterocycles. The molecule has 138 valence electrons. The number of nitrogens with zero attached hydrogens (tertiary/aromatic N) is 4. The molecule has 1 fully saturated rings. The van der Waals surface area contributed by atoms with Crippen LogP contribution in [0.25, 0.3) is 0 Å². The molecule has 26 heavy (non-hydrogen) atoms. The summed E-state index contributed by atoms with van der Waals surface area (Å²) in [5, 5.41) is -0.370. The molecule has 2 aliphatic rings. The van der Waals surface area contributed by atoms with Crippen molar-refractivity contribution in [1.29, 1.82) is 0 Å². The lowest BCUT2D eigenvalue weighted by Gasteiger charge is -2.27. The molecule has 0 radical (unpaired) electrons. The number of hydrogen-bond acceptors (Lipinski definition) is 6. The third kappa shape index (κ3) is 3.10. The molecule has 0 spiro atoms. The van der Waals surface area contributed by atoms with E-state index in [1.807, 2.05) is 19.0 Å². The first-order chi connectivity index (χ1) is 12.3. The average molecular weight is 372 g/mol. The molecule has 0 unspecified atom stereocenters. The van der Waals surface area contributed by atoms with Crippen molar-refractivity contribution in [3.63, 3.8) is 0 Å². The van der Waals surface area contributed by atoms with E-state index in [1.54, 1.807) is 6.20 Å². The lowest BCUT2D eigenvalue weighted by atomic mass is 10.00. The van der Waals surface area contributed by atoms with E-state index in [0.717, 1.165) is 17.8 Å². The van der Waals surface area contributed by atoms with E-state index in [1.165, 1.54) is 11.1 Å². The molecule has 2 aliphatic heterocycles. The SMILES string of the molecule is Cc1ccc(CN2C[C@H]3c4nc(N(C)C)ncc4CS(=O)(=O)[C@H]3C2)cc1. The van der Waals surface area contributed by atoms with E-state index < -0.39 is 9.84 Å². The summed E-state index contributed by atoms with van der Waals surface area (Å²) in [7, 11) is 0.626. The Morgan fingerprint density at radius 3 is 2.62 bits per heavy atom. The summed E-state index contributed by atoms with van der Waals surface area (Å²) in [6.45, 7) is 4.12. The third-order valence-electron chi connectivity index (χ3n) is 5.32. The van der Waals surface area contributed by atoms with Gasteiger partial charge in [0.2, 0.25) is 5.95 Å². The molecular weight excluding hydrogens is 348 g/mol. The molecule has 7 heteroatoms. The molecule has 0 saturated carbocycles. The van der Waals surface area contributed by atoms with E-state index in [2.05, 4.69) is 41.1 Å². The Balaban J connectivity index is 1.64. The molecule has 0 aliphatic carbocycles. The lowest BCUT2D eigenvalue weighted by Crippen LogP contribution is -2.35. The molecule has 2 atom stereocenters. The quantitative estimate of drug-likeness (QED) is 0.818. The summed E-state index contributed by atoms with van der Waals surface area (Å²) in [5.41, 5.74) is 4.11. The Labute approximate surface area is 154 Å². The van der Waals surface area contributed by atoms with Gasteiger partial charge in [0.25, 0.3) is 0 Å². The summed E-state index contributed by atoms with van der Waals surface area (Å²) in [5.74, 6) is 0.616. The van der Waals surface area contributed by atoms with Gasteiger partial charge in [0, 0.05) is 51.4 Å². The highest BCUT2D eigenvalue weighted by Crippen LogP contribution is 2.39. The van der Waals surface area contributed by atoms with Crippen LogP contribution in [-0.2, 0) is 22.1 Å². The van der Waals surface area contributed by atoms with Crippen molar-refractivity contribution >= 4 is 15.8 Å². The second-order valence-corrected chi connectivity index (χ2v) is 9.83. The number of rotatable bonds is 3. The van der Waals surface area contributed by atoms with Crippen LogP contribution >= 0.6 is 0 Å². The number of likely N-dealkylation sites (tertiary alicyclic amines) is 1. The van der Waals surface area contributed by atoms with Crippen molar-refractivity contribution in [2.45, 2.75) is 30.4 Å². The highest BCUT2D eigenvalue weighted by Gasteiger charge is 2.47. The molecule has 1 aromatic heterocycles. The van der Waals surface area contributed by atoms with Gasteiger partial charge in [-0.15, -0.1) is 0 Å². The Morgan fingerprint density at radius 2 is 1.92 bits per heavy atom. The predicted molar refractivity (Wildman–Crippen MR) is 102 cm³/mol. The molecule has 1 aromatic carbocycles. The van der Waals surface area contributed by atoms with Crippen LogP contribution in [0.5, 0.6) is 0 Å². The molecule has 3 heterocycles. The van der Waals surface area contributed by atoms with Crippen LogP contribution in [0.15, 0.2) is 30.5 Å². The summed E-state index contributed by atoms with van der Waals surface area (Å²) in [4.78, 5) is 13.1. The number of aryl methyl sites for hydroxylation is 1. The molecular formula is C19H24N4O2S. The van der Waals surface area contributed by atoms with E-state index in [9.17, 15) is 8.42 Å². The van der Waals surface area contributed by atoms with Gasteiger partial charge in [-0.2, -0.15) is 0 Å². The van der Waals surface area contributed by atoms with E-state index in [0.29, 0.717) is 19.0 Å². The maximum absolute atomic E-state index is 12.8. The van der Waals surface area contributed by atoms with Gasteiger partial charge in [-0.05, 0) is 12.5 Å². The van der Waals surface area contributed by atoms with Crippen molar-refractivity contribution < 1.29 is 8.42 Å². The topological polar surface area (TPSA) is 66.4 Å². The number of aromatic nitrogens is 2. The fourth-order valence-corrected chi connectivity index (χ4v) is 5.96. The van der Waals surface area contributed by atoms with Crippen LogP contribution in [0.4, 0.5) is 5.95 Å².